The Morgan fingerprint density at radius 3 is 3.00 bits per heavy atom. The SMILES string of the molecule is O=C1NC(c2cc(Br)ccc2O)Nc2sc3c(c21)CCC3. The van der Waals surface area contributed by atoms with Gasteiger partial charge < -0.3 is 15.7 Å². The first-order valence-electron chi connectivity index (χ1n) is 6.84. The molecule has 21 heavy (non-hydrogen) atoms. The zero-order valence-electron chi connectivity index (χ0n) is 11.1. The highest BCUT2D eigenvalue weighted by Crippen LogP contribution is 2.43. The van der Waals surface area contributed by atoms with Crippen molar-refractivity contribution >= 4 is 38.2 Å². The highest BCUT2D eigenvalue weighted by Gasteiger charge is 2.33. The smallest absolute Gasteiger partial charge is 0.256 e. The molecule has 2 aliphatic rings. The molecule has 4 rings (SSSR count). The Balaban J connectivity index is 1.75. The molecule has 0 saturated carbocycles. The van der Waals surface area contributed by atoms with Gasteiger partial charge in [-0.2, -0.15) is 0 Å². The molecule has 1 aliphatic heterocycles. The van der Waals surface area contributed by atoms with Crippen molar-refractivity contribution in [3.63, 3.8) is 0 Å². The Hall–Kier alpha value is -1.53. The normalized spacial score (nSPS) is 19.7. The van der Waals surface area contributed by atoms with Gasteiger partial charge in [-0.15, -0.1) is 11.3 Å². The molecule has 1 aliphatic carbocycles. The van der Waals surface area contributed by atoms with Gasteiger partial charge >= 0.3 is 0 Å². The summed E-state index contributed by atoms with van der Waals surface area (Å²) in [5.74, 6) is 0.121. The number of nitrogens with one attached hydrogen (secondary N) is 2. The molecule has 6 heteroatoms. The molecule has 1 aromatic heterocycles. The number of aromatic hydroxyl groups is 1. The van der Waals surface area contributed by atoms with Crippen molar-refractivity contribution in [1.82, 2.24) is 5.32 Å². The lowest BCUT2D eigenvalue weighted by molar-refractivity contribution is 0.0935. The van der Waals surface area contributed by atoms with Crippen LogP contribution in [-0.4, -0.2) is 11.0 Å². The summed E-state index contributed by atoms with van der Waals surface area (Å²) in [6.07, 6.45) is 2.79. The molecule has 0 bridgehead atoms. The minimum atomic E-state index is -0.402. The second-order valence-corrected chi connectivity index (χ2v) is 7.34. The van der Waals surface area contributed by atoms with Gasteiger partial charge in [0.15, 0.2) is 0 Å². The van der Waals surface area contributed by atoms with Gasteiger partial charge in [-0.3, -0.25) is 4.79 Å². The molecule has 1 amide bonds. The van der Waals surface area contributed by atoms with Gasteiger partial charge in [0.1, 0.15) is 16.9 Å². The van der Waals surface area contributed by atoms with Gasteiger partial charge in [0, 0.05) is 14.9 Å². The first-order valence-corrected chi connectivity index (χ1v) is 8.45. The number of fused-ring (bicyclic) bond motifs is 3. The molecule has 0 radical (unpaired) electrons. The Morgan fingerprint density at radius 2 is 2.14 bits per heavy atom. The van der Waals surface area contributed by atoms with Crippen LogP contribution < -0.4 is 10.6 Å². The molecule has 1 aromatic carbocycles. The van der Waals surface area contributed by atoms with E-state index in [1.165, 1.54) is 10.4 Å². The maximum atomic E-state index is 12.4. The van der Waals surface area contributed by atoms with Gasteiger partial charge in [0.25, 0.3) is 5.91 Å². The summed E-state index contributed by atoms with van der Waals surface area (Å²) in [5, 5.41) is 17.2. The fraction of sp³-hybridized carbons (Fsp3) is 0.267. The van der Waals surface area contributed by atoms with Crippen LogP contribution in [0.1, 0.15) is 38.9 Å². The van der Waals surface area contributed by atoms with Gasteiger partial charge in [-0.25, -0.2) is 0 Å². The molecule has 3 N–H and O–H groups in total. The summed E-state index contributed by atoms with van der Waals surface area (Å²) in [6.45, 7) is 0. The molecule has 0 saturated heterocycles. The molecule has 1 atom stereocenters. The molecule has 0 fully saturated rings. The minimum absolute atomic E-state index is 0.0486. The topological polar surface area (TPSA) is 61.4 Å². The zero-order chi connectivity index (χ0) is 14.6. The number of amides is 1. The third-order valence-corrected chi connectivity index (χ3v) is 5.72. The van der Waals surface area contributed by atoms with E-state index in [9.17, 15) is 9.90 Å². The van der Waals surface area contributed by atoms with Gasteiger partial charge in [0.05, 0.1) is 5.56 Å². The number of benzene rings is 1. The number of carbonyl (C=O) groups excluding carboxylic acids is 1. The standard InChI is InChI=1S/C15H13BrN2O2S/c16-7-4-5-10(19)9(6-7)13-17-14(20)12-8-2-1-3-11(8)21-15(12)18-13/h4-6,13,18-19H,1-3H2,(H,17,20). The molecule has 2 aromatic rings. The lowest BCUT2D eigenvalue weighted by atomic mass is 10.1. The van der Waals surface area contributed by atoms with Crippen molar-refractivity contribution < 1.29 is 9.90 Å². The highest BCUT2D eigenvalue weighted by molar-refractivity contribution is 9.10. The molecular weight excluding hydrogens is 352 g/mol. The lowest BCUT2D eigenvalue weighted by Gasteiger charge is -2.27. The van der Waals surface area contributed by atoms with Crippen molar-refractivity contribution in [2.75, 3.05) is 5.32 Å². The minimum Gasteiger partial charge on any atom is -0.508 e. The summed E-state index contributed by atoms with van der Waals surface area (Å²) in [4.78, 5) is 13.8. The first kappa shape index (κ1) is 13.2. The monoisotopic (exact) mass is 364 g/mol. The van der Waals surface area contributed by atoms with E-state index >= 15 is 0 Å². The molecular formula is C15H13BrN2O2S. The molecule has 2 heterocycles. The number of halogens is 1. The number of carbonyl (C=O) groups is 1. The number of anilines is 1. The Morgan fingerprint density at radius 1 is 1.29 bits per heavy atom. The third-order valence-electron chi connectivity index (χ3n) is 4.00. The van der Waals surface area contributed by atoms with Crippen LogP contribution in [-0.2, 0) is 12.8 Å². The Kier molecular flexibility index (Phi) is 2.97. The van der Waals surface area contributed by atoms with E-state index in [0.717, 1.165) is 34.3 Å². The van der Waals surface area contributed by atoms with E-state index in [-0.39, 0.29) is 11.7 Å². The van der Waals surface area contributed by atoms with Crippen LogP contribution >= 0.6 is 27.3 Å². The van der Waals surface area contributed by atoms with E-state index in [0.29, 0.717) is 5.56 Å². The lowest BCUT2D eigenvalue weighted by Crippen LogP contribution is -2.38. The van der Waals surface area contributed by atoms with Crippen molar-refractivity contribution in [3.05, 3.63) is 44.2 Å². The molecule has 108 valence electrons. The Labute approximate surface area is 134 Å². The number of hydrogen-bond acceptors (Lipinski definition) is 4. The predicted octanol–water partition coefficient (Wildman–Crippen LogP) is 3.56. The molecule has 4 nitrogen and oxygen atoms in total. The fourth-order valence-corrected chi connectivity index (χ4v) is 4.72. The Bertz CT molecular complexity index is 756. The largest absolute Gasteiger partial charge is 0.508 e. The van der Waals surface area contributed by atoms with E-state index < -0.39 is 6.17 Å². The average Bonchev–Trinajstić information content (AvgIpc) is 3.01. The van der Waals surface area contributed by atoms with Gasteiger partial charge in [0.2, 0.25) is 0 Å². The second-order valence-electron chi connectivity index (χ2n) is 5.32. The summed E-state index contributed by atoms with van der Waals surface area (Å²) in [6, 6.07) is 5.21. The maximum Gasteiger partial charge on any atom is 0.256 e. The average molecular weight is 365 g/mol. The second kappa shape index (κ2) is 4.74. The van der Waals surface area contributed by atoms with Gasteiger partial charge in [-0.1, -0.05) is 15.9 Å². The van der Waals surface area contributed by atoms with Crippen LogP contribution in [0, 0.1) is 0 Å². The third kappa shape index (κ3) is 2.05. The quantitative estimate of drug-likeness (QED) is 0.724. The van der Waals surface area contributed by atoms with E-state index in [1.807, 2.05) is 6.07 Å². The van der Waals surface area contributed by atoms with Crippen LogP contribution in [0.5, 0.6) is 5.75 Å². The van der Waals surface area contributed by atoms with Crippen LogP contribution in [0.15, 0.2) is 22.7 Å². The van der Waals surface area contributed by atoms with E-state index in [1.54, 1.807) is 23.5 Å². The molecule has 0 spiro atoms. The zero-order valence-corrected chi connectivity index (χ0v) is 13.5. The number of hydrogen-bond donors (Lipinski definition) is 3. The maximum absolute atomic E-state index is 12.4. The summed E-state index contributed by atoms with van der Waals surface area (Å²) in [5.41, 5.74) is 2.67. The van der Waals surface area contributed by atoms with Crippen molar-refractivity contribution in [3.8, 4) is 5.75 Å². The summed E-state index contributed by atoms with van der Waals surface area (Å²) < 4.78 is 0.866. The van der Waals surface area contributed by atoms with Crippen LogP contribution in [0.4, 0.5) is 5.00 Å². The number of aryl methyl sites for hydroxylation is 1. The van der Waals surface area contributed by atoms with Crippen LogP contribution in [0.25, 0.3) is 0 Å². The first-order chi connectivity index (χ1) is 10.1. The van der Waals surface area contributed by atoms with Crippen molar-refractivity contribution in [2.45, 2.75) is 25.4 Å². The fourth-order valence-electron chi connectivity index (χ4n) is 3.03. The van der Waals surface area contributed by atoms with Crippen LogP contribution in [0.3, 0.4) is 0 Å². The number of thiophene rings is 1. The van der Waals surface area contributed by atoms with Gasteiger partial charge in [-0.05, 0) is 43.0 Å². The van der Waals surface area contributed by atoms with E-state index in [4.69, 9.17) is 0 Å². The summed E-state index contributed by atoms with van der Waals surface area (Å²) in [7, 11) is 0. The number of rotatable bonds is 1. The predicted molar refractivity (Wildman–Crippen MR) is 86.0 cm³/mol. The number of phenols is 1. The van der Waals surface area contributed by atoms with Crippen molar-refractivity contribution in [2.24, 2.45) is 0 Å². The molecule has 1 unspecified atom stereocenters. The number of phenolic OH excluding ortho intramolecular Hbond substituents is 1. The van der Waals surface area contributed by atoms with E-state index in [2.05, 4.69) is 26.6 Å². The summed E-state index contributed by atoms with van der Waals surface area (Å²) >= 11 is 5.07. The van der Waals surface area contributed by atoms with Crippen molar-refractivity contribution in [1.29, 1.82) is 0 Å². The van der Waals surface area contributed by atoms with Crippen LogP contribution in [0.2, 0.25) is 0 Å². The highest BCUT2D eigenvalue weighted by atomic mass is 79.9.